The van der Waals surface area contributed by atoms with Crippen molar-refractivity contribution in [3.05, 3.63) is 23.5 Å². The highest BCUT2D eigenvalue weighted by molar-refractivity contribution is 6.74. The molecule has 0 radical (unpaired) electrons. The molecule has 0 amide bonds. The van der Waals surface area contributed by atoms with Gasteiger partial charge in [0.05, 0.1) is 24.6 Å². The number of rotatable bonds is 19. The van der Waals surface area contributed by atoms with Crippen LogP contribution in [0.2, 0.25) is 55.9 Å². The van der Waals surface area contributed by atoms with Gasteiger partial charge in [-0.05, 0) is 100 Å². The van der Waals surface area contributed by atoms with Crippen LogP contribution in [-0.4, -0.2) is 60.9 Å². The minimum absolute atomic E-state index is 0.00578. The molecule has 1 N–H and O–H groups in total. The molecular formula is C40H74O6Si3. The van der Waals surface area contributed by atoms with Gasteiger partial charge in [-0.15, -0.1) is 0 Å². The van der Waals surface area contributed by atoms with Crippen molar-refractivity contribution in [2.45, 2.75) is 193 Å². The number of hydrogen-bond donors (Lipinski definition) is 1. The Morgan fingerprint density at radius 1 is 1.02 bits per heavy atom. The van der Waals surface area contributed by atoms with Crippen molar-refractivity contribution in [3.8, 4) is 11.8 Å². The average molecular weight is 735 g/mol. The van der Waals surface area contributed by atoms with E-state index in [4.69, 9.17) is 18.0 Å². The highest BCUT2D eigenvalue weighted by atomic mass is 28.4. The van der Waals surface area contributed by atoms with E-state index in [1.807, 2.05) is 0 Å². The van der Waals surface area contributed by atoms with Crippen LogP contribution in [0.3, 0.4) is 0 Å². The molecule has 0 aromatic rings. The van der Waals surface area contributed by atoms with Crippen molar-refractivity contribution >= 4 is 30.9 Å². The van der Waals surface area contributed by atoms with Crippen LogP contribution in [0, 0.1) is 23.7 Å². The predicted octanol–water partition coefficient (Wildman–Crippen LogP) is 10.9. The van der Waals surface area contributed by atoms with Crippen molar-refractivity contribution in [2.24, 2.45) is 11.8 Å². The average Bonchev–Trinajstić information content (AvgIpc) is 3.64. The molecule has 2 unspecified atom stereocenters. The number of hydrogen-bond acceptors (Lipinski definition) is 6. The fourth-order valence-corrected chi connectivity index (χ4v) is 12.9. The molecule has 2 aliphatic carbocycles. The van der Waals surface area contributed by atoms with Gasteiger partial charge in [-0.25, -0.2) is 0 Å². The van der Waals surface area contributed by atoms with Crippen LogP contribution in [0.5, 0.6) is 0 Å². The first-order valence-corrected chi connectivity index (χ1v) is 28.3. The SMILES string of the molecule is CC[Si](CC)(CC)O[C@H]1CC(O[Si](C)(C)C(C)(C)C)=C(CC#CC(O)CCC(=O)OC)[C@@H]1/C=C/CC(C)(CCC1CCCC1)O[Si](C)(C)C. The Morgan fingerprint density at radius 3 is 2.16 bits per heavy atom. The summed E-state index contributed by atoms with van der Waals surface area (Å²) >= 11 is 0. The maximum absolute atomic E-state index is 11.7. The van der Waals surface area contributed by atoms with Gasteiger partial charge in [0.2, 0.25) is 8.32 Å². The largest absolute Gasteiger partial charge is 0.546 e. The van der Waals surface area contributed by atoms with Crippen LogP contribution in [0.15, 0.2) is 23.5 Å². The molecule has 1 fully saturated rings. The van der Waals surface area contributed by atoms with E-state index in [0.29, 0.717) is 6.42 Å². The summed E-state index contributed by atoms with van der Waals surface area (Å²) in [6.07, 6.45) is 14.2. The zero-order valence-electron chi connectivity index (χ0n) is 33.9. The van der Waals surface area contributed by atoms with Crippen LogP contribution in [0.4, 0.5) is 0 Å². The standard InChI is InChI=1S/C40H74O6Si3/c1-14-49(15-2,16-3)45-37-31-36(44-48(12,13)39(4,5)6)34(24-19-23-33(41)26-27-38(42)43-8)35(37)25-20-29-40(7,46-47(9,10)11)30-28-32-21-17-18-22-32/h20,25,32-33,35,37,41H,14-18,21-22,24,26-31H2,1-13H3/b25-20+/t33?,35-,37-,40?/m0/s1. The van der Waals surface area contributed by atoms with Crippen LogP contribution < -0.4 is 0 Å². The molecule has 0 spiro atoms. The van der Waals surface area contributed by atoms with Crippen LogP contribution >= 0.6 is 0 Å². The first-order chi connectivity index (χ1) is 22.7. The zero-order chi connectivity index (χ0) is 37.1. The number of aliphatic hydroxyl groups excluding tert-OH is 1. The van der Waals surface area contributed by atoms with Gasteiger partial charge in [0.1, 0.15) is 6.10 Å². The monoisotopic (exact) mass is 734 g/mol. The smallest absolute Gasteiger partial charge is 0.305 e. The molecule has 6 nitrogen and oxygen atoms in total. The summed E-state index contributed by atoms with van der Waals surface area (Å²) in [5, 5.41) is 10.6. The van der Waals surface area contributed by atoms with Crippen molar-refractivity contribution < 1.29 is 27.9 Å². The van der Waals surface area contributed by atoms with Crippen LogP contribution in [0.1, 0.15) is 119 Å². The van der Waals surface area contributed by atoms with Crippen molar-refractivity contribution in [1.82, 2.24) is 0 Å². The number of carbonyl (C=O) groups is 1. The van der Waals surface area contributed by atoms with Crippen molar-refractivity contribution in [3.63, 3.8) is 0 Å². The van der Waals surface area contributed by atoms with Gasteiger partial charge in [-0.3, -0.25) is 4.79 Å². The van der Waals surface area contributed by atoms with Gasteiger partial charge in [0, 0.05) is 25.2 Å². The van der Waals surface area contributed by atoms with Crippen LogP contribution in [0.25, 0.3) is 0 Å². The number of aliphatic hydroxyl groups is 1. The molecule has 2 rings (SSSR count). The molecular weight excluding hydrogens is 661 g/mol. The molecule has 9 heteroatoms. The lowest BCUT2D eigenvalue weighted by atomic mass is 9.89. The third kappa shape index (κ3) is 14.1. The van der Waals surface area contributed by atoms with E-state index in [0.717, 1.165) is 49.1 Å². The summed E-state index contributed by atoms with van der Waals surface area (Å²) in [6, 6.07) is 3.28. The maximum atomic E-state index is 11.7. The molecule has 282 valence electrons. The highest BCUT2D eigenvalue weighted by Crippen LogP contribution is 2.46. The molecule has 4 atom stereocenters. The lowest BCUT2D eigenvalue weighted by Gasteiger charge is -2.37. The molecule has 0 bridgehead atoms. The Bertz CT molecular complexity index is 1150. The molecule has 0 aliphatic heterocycles. The molecule has 49 heavy (non-hydrogen) atoms. The Kier molecular flexibility index (Phi) is 17.1. The molecule has 0 aromatic carbocycles. The van der Waals surface area contributed by atoms with Gasteiger partial charge in [-0.1, -0.05) is 91.2 Å². The summed E-state index contributed by atoms with van der Waals surface area (Å²) in [5.41, 5.74) is 0.991. The Labute approximate surface area is 305 Å². The first kappa shape index (κ1) is 44.0. The second kappa shape index (κ2) is 19.1. The Hall–Kier alpha value is -1.16. The minimum atomic E-state index is -2.15. The lowest BCUT2D eigenvalue weighted by Crippen LogP contribution is -2.42. The minimum Gasteiger partial charge on any atom is -0.546 e. The molecule has 0 heterocycles. The van der Waals surface area contributed by atoms with E-state index in [-0.39, 0.29) is 41.5 Å². The number of ether oxygens (including phenoxy) is 1. The van der Waals surface area contributed by atoms with E-state index in [9.17, 15) is 9.90 Å². The van der Waals surface area contributed by atoms with E-state index < -0.39 is 31.1 Å². The van der Waals surface area contributed by atoms with Gasteiger partial charge < -0.3 is 23.1 Å². The topological polar surface area (TPSA) is 74.2 Å². The normalized spacial score (nSPS) is 21.5. The number of methoxy groups -OCH3 is 1. The molecule has 2 aliphatic rings. The van der Waals surface area contributed by atoms with Crippen LogP contribution in [-0.2, 0) is 22.8 Å². The first-order valence-electron chi connectivity index (χ1n) is 19.4. The second-order valence-corrected chi connectivity index (χ2v) is 31.4. The van der Waals surface area contributed by atoms with Gasteiger partial charge in [-0.2, -0.15) is 0 Å². The number of esters is 1. The fraction of sp³-hybridized carbons (Fsp3) is 0.825. The van der Waals surface area contributed by atoms with Gasteiger partial charge >= 0.3 is 5.97 Å². The quantitative estimate of drug-likeness (QED) is 0.0616. The third-order valence-electron chi connectivity index (χ3n) is 11.5. The van der Waals surface area contributed by atoms with Crippen molar-refractivity contribution in [2.75, 3.05) is 7.11 Å². The summed E-state index contributed by atoms with van der Waals surface area (Å²) in [6.45, 7) is 27.6. The van der Waals surface area contributed by atoms with E-state index in [2.05, 4.69) is 105 Å². The van der Waals surface area contributed by atoms with E-state index in [1.165, 1.54) is 44.8 Å². The van der Waals surface area contributed by atoms with E-state index in [1.54, 1.807) is 0 Å². The highest BCUT2D eigenvalue weighted by Gasteiger charge is 2.45. The second-order valence-electron chi connectivity index (χ2n) is 17.6. The zero-order valence-corrected chi connectivity index (χ0v) is 36.9. The molecule has 0 aromatic heterocycles. The summed E-state index contributed by atoms with van der Waals surface area (Å²) < 4.78 is 26.1. The third-order valence-corrected chi connectivity index (χ3v) is 21.6. The lowest BCUT2D eigenvalue weighted by molar-refractivity contribution is -0.141. The maximum Gasteiger partial charge on any atom is 0.305 e. The summed E-state index contributed by atoms with van der Waals surface area (Å²) in [4.78, 5) is 11.7. The van der Waals surface area contributed by atoms with E-state index >= 15 is 0 Å². The van der Waals surface area contributed by atoms with Gasteiger partial charge in [0.15, 0.2) is 16.6 Å². The molecule has 1 saturated carbocycles. The van der Waals surface area contributed by atoms with Gasteiger partial charge in [0.25, 0.3) is 0 Å². The summed E-state index contributed by atoms with van der Waals surface area (Å²) in [5.74, 6) is 7.90. The number of carbonyl (C=O) groups excluding carboxylic acids is 1. The predicted molar refractivity (Wildman–Crippen MR) is 213 cm³/mol. The Morgan fingerprint density at radius 2 is 1.63 bits per heavy atom. The summed E-state index contributed by atoms with van der Waals surface area (Å²) in [7, 11) is -4.49. The Balaban J connectivity index is 2.54. The van der Waals surface area contributed by atoms with Crippen molar-refractivity contribution in [1.29, 1.82) is 0 Å². The fourth-order valence-electron chi connectivity index (χ4n) is 7.21. The molecule has 0 saturated heterocycles.